The van der Waals surface area contributed by atoms with Crippen LogP contribution in [0.15, 0.2) is 12.1 Å². The van der Waals surface area contributed by atoms with Crippen LogP contribution in [0.1, 0.15) is 56.2 Å². The van der Waals surface area contributed by atoms with Crippen LogP contribution in [0, 0.1) is 5.41 Å². The van der Waals surface area contributed by atoms with Gasteiger partial charge in [0.25, 0.3) is 0 Å². The molecule has 3 heteroatoms. The third kappa shape index (κ3) is 4.06. The van der Waals surface area contributed by atoms with E-state index in [1.807, 2.05) is 11.3 Å². The normalized spacial score (nSPS) is 19.4. The maximum atomic E-state index is 3.40. The van der Waals surface area contributed by atoms with Crippen LogP contribution in [-0.2, 0) is 13.1 Å². The number of hydrogen-bond donors (Lipinski definition) is 1. The lowest BCUT2D eigenvalue weighted by molar-refractivity contribution is 0.0915. The van der Waals surface area contributed by atoms with Crippen LogP contribution in [-0.4, -0.2) is 24.5 Å². The number of nitrogens with one attached hydrogen (secondary N) is 1. The zero-order valence-corrected chi connectivity index (χ0v) is 14.2. The second kappa shape index (κ2) is 7.58. The third-order valence-electron chi connectivity index (χ3n) is 5.06. The Morgan fingerprint density at radius 1 is 1.10 bits per heavy atom. The predicted molar refractivity (Wildman–Crippen MR) is 89.2 cm³/mol. The number of likely N-dealkylation sites (tertiary alicyclic amines) is 1. The van der Waals surface area contributed by atoms with E-state index in [0.29, 0.717) is 5.41 Å². The summed E-state index contributed by atoms with van der Waals surface area (Å²) in [6, 6.07) is 4.60. The summed E-state index contributed by atoms with van der Waals surface area (Å²) in [4.78, 5) is 5.64. The summed E-state index contributed by atoms with van der Waals surface area (Å²) in [7, 11) is 0. The summed E-state index contributed by atoms with van der Waals surface area (Å²) in [5, 5.41) is 3.40. The minimum atomic E-state index is 0.641. The van der Waals surface area contributed by atoms with Gasteiger partial charge in [-0.05, 0) is 50.0 Å². The smallest absolute Gasteiger partial charge is 0.0328 e. The summed E-state index contributed by atoms with van der Waals surface area (Å²) in [6.45, 7) is 12.7. The Bertz CT molecular complexity index is 385. The molecule has 0 bridgehead atoms. The first-order chi connectivity index (χ1) is 9.71. The van der Waals surface area contributed by atoms with Crippen molar-refractivity contribution in [2.75, 3.05) is 19.6 Å². The minimum Gasteiger partial charge on any atom is -0.312 e. The molecule has 2 rings (SSSR count). The fourth-order valence-electron chi connectivity index (χ4n) is 3.21. The Morgan fingerprint density at radius 3 is 2.35 bits per heavy atom. The van der Waals surface area contributed by atoms with Crippen molar-refractivity contribution >= 4 is 11.3 Å². The topological polar surface area (TPSA) is 15.3 Å². The average molecular weight is 295 g/mol. The molecule has 0 radical (unpaired) electrons. The van der Waals surface area contributed by atoms with Crippen molar-refractivity contribution in [2.24, 2.45) is 5.41 Å². The van der Waals surface area contributed by atoms with Gasteiger partial charge in [-0.1, -0.05) is 33.6 Å². The van der Waals surface area contributed by atoms with Gasteiger partial charge in [-0.2, -0.15) is 0 Å². The Labute approximate surface area is 128 Å². The molecule has 2 heterocycles. The highest BCUT2D eigenvalue weighted by atomic mass is 32.1. The van der Waals surface area contributed by atoms with Crippen LogP contribution >= 0.6 is 11.3 Å². The SMILES string of the molecule is CCNCc1ccc(CN2CCC(CC)(CC)CC2)s1. The molecule has 1 fully saturated rings. The largest absolute Gasteiger partial charge is 0.312 e. The number of hydrogen-bond acceptors (Lipinski definition) is 3. The Hall–Kier alpha value is -0.380. The fourth-order valence-corrected chi connectivity index (χ4v) is 4.24. The van der Waals surface area contributed by atoms with Crippen LogP contribution in [0.25, 0.3) is 0 Å². The van der Waals surface area contributed by atoms with Crippen molar-refractivity contribution in [2.45, 2.75) is 59.5 Å². The molecular formula is C17H30N2S. The van der Waals surface area contributed by atoms with Crippen LogP contribution in [0.3, 0.4) is 0 Å². The van der Waals surface area contributed by atoms with Crippen molar-refractivity contribution < 1.29 is 0 Å². The van der Waals surface area contributed by atoms with Gasteiger partial charge in [-0.25, -0.2) is 0 Å². The van der Waals surface area contributed by atoms with Crippen LogP contribution in [0.5, 0.6) is 0 Å². The molecule has 0 saturated carbocycles. The van der Waals surface area contributed by atoms with Crippen molar-refractivity contribution in [1.29, 1.82) is 0 Å². The van der Waals surface area contributed by atoms with E-state index in [9.17, 15) is 0 Å². The average Bonchev–Trinajstić information content (AvgIpc) is 2.94. The first-order valence-electron chi connectivity index (χ1n) is 8.22. The van der Waals surface area contributed by atoms with Gasteiger partial charge in [0.1, 0.15) is 0 Å². The second-order valence-corrected chi connectivity index (χ2v) is 7.38. The summed E-state index contributed by atoms with van der Waals surface area (Å²) < 4.78 is 0. The molecule has 1 aromatic rings. The maximum absolute atomic E-state index is 3.40. The molecule has 114 valence electrons. The van der Waals surface area contributed by atoms with Gasteiger partial charge in [0, 0.05) is 22.8 Å². The molecule has 0 amide bonds. The lowest BCUT2D eigenvalue weighted by atomic mass is 9.74. The summed E-state index contributed by atoms with van der Waals surface area (Å²) >= 11 is 1.97. The Morgan fingerprint density at radius 2 is 1.75 bits per heavy atom. The first kappa shape index (κ1) is 16.0. The molecular weight excluding hydrogens is 264 g/mol. The van der Waals surface area contributed by atoms with Gasteiger partial charge in [-0.3, -0.25) is 4.90 Å². The first-order valence-corrected chi connectivity index (χ1v) is 9.03. The van der Waals surface area contributed by atoms with E-state index in [2.05, 4.69) is 43.1 Å². The van der Waals surface area contributed by atoms with Crippen molar-refractivity contribution in [3.8, 4) is 0 Å². The predicted octanol–water partition coefficient (Wildman–Crippen LogP) is 4.26. The maximum Gasteiger partial charge on any atom is 0.0328 e. The molecule has 0 aliphatic carbocycles. The molecule has 0 spiro atoms. The molecule has 1 saturated heterocycles. The van der Waals surface area contributed by atoms with Crippen LogP contribution < -0.4 is 5.32 Å². The van der Waals surface area contributed by atoms with E-state index in [4.69, 9.17) is 0 Å². The summed E-state index contributed by atoms with van der Waals surface area (Å²) in [6.07, 6.45) is 5.47. The summed E-state index contributed by atoms with van der Waals surface area (Å²) in [5.74, 6) is 0. The number of thiophene rings is 1. The highest BCUT2D eigenvalue weighted by Crippen LogP contribution is 2.38. The molecule has 0 aromatic carbocycles. The van der Waals surface area contributed by atoms with Crippen molar-refractivity contribution in [3.63, 3.8) is 0 Å². The quantitative estimate of drug-likeness (QED) is 0.808. The van der Waals surface area contributed by atoms with E-state index in [0.717, 1.165) is 19.6 Å². The minimum absolute atomic E-state index is 0.641. The van der Waals surface area contributed by atoms with E-state index >= 15 is 0 Å². The van der Waals surface area contributed by atoms with E-state index in [-0.39, 0.29) is 0 Å². The molecule has 2 nitrogen and oxygen atoms in total. The van der Waals surface area contributed by atoms with Gasteiger partial charge in [0.15, 0.2) is 0 Å². The Balaban J connectivity index is 1.82. The van der Waals surface area contributed by atoms with Crippen molar-refractivity contribution in [1.82, 2.24) is 10.2 Å². The van der Waals surface area contributed by atoms with E-state index in [1.54, 1.807) is 0 Å². The van der Waals surface area contributed by atoms with Gasteiger partial charge >= 0.3 is 0 Å². The zero-order valence-electron chi connectivity index (χ0n) is 13.4. The van der Waals surface area contributed by atoms with E-state index in [1.165, 1.54) is 48.5 Å². The molecule has 1 aliphatic heterocycles. The number of nitrogens with zero attached hydrogens (tertiary/aromatic N) is 1. The monoisotopic (exact) mass is 294 g/mol. The van der Waals surface area contributed by atoms with Gasteiger partial charge in [-0.15, -0.1) is 11.3 Å². The molecule has 1 N–H and O–H groups in total. The Kier molecular flexibility index (Phi) is 6.06. The molecule has 1 aliphatic rings. The van der Waals surface area contributed by atoms with E-state index < -0.39 is 0 Å². The highest BCUT2D eigenvalue weighted by Gasteiger charge is 2.31. The standard InChI is InChI=1S/C17H30N2S/c1-4-17(5-2)9-11-19(12-10-17)14-16-8-7-15(20-16)13-18-6-3/h7-8,18H,4-6,9-14H2,1-3H3. The second-order valence-electron chi connectivity index (χ2n) is 6.13. The van der Waals surface area contributed by atoms with Gasteiger partial charge in [0.05, 0.1) is 0 Å². The van der Waals surface area contributed by atoms with Crippen LogP contribution in [0.4, 0.5) is 0 Å². The van der Waals surface area contributed by atoms with Crippen LogP contribution in [0.2, 0.25) is 0 Å². The van der Waals surface area contributed by atoms with Gasteiger partial charge in [0.2, 0.25) is 0 Å². The zero-order chi connectivity index (χ0) is 14.4. The molecule has 0 unspecified atom stereocenters. The highest BCUT2D eigenvalue weighted by molar-refractivity contribution is 7.11. The lowest BCUT2D eigenvalue weighted by Crippen LogP contribution is -2.38. The molecule has 20 heavy (non-hydrogen) atoms. The number of rotatable bonds is 7. The van der Waals surface area contributed by atoms with Gasteiger partial charge < -0.3 is 5.32 Å². The summed E-state index contributed by atoms with van der Waals surface area (Å²) in [5.41, 5.74) is 0.641. The molecule has 0 atom stereocenters. The fraction of sp³-hybridized carbons (Fsp3) is 0.765. The number of piperidine rings is 1. The lowest BCUT2D eigenvalue weighted by Gasteiger charge is -2.40. The van der Waals surface area contributed by atoms with Crippen molar-refractivity contribution in [3.05, 3.63) is 21.9 Å². The molecule has 1 aromatic heterocycles. The third-order valence-corrected chi connectivity index (χ3v) is 6.13.